The lowest BCUT2D eigenvalue weighted by Gasteiger charge is -2.36. The summed E-state index contributed by atoms with van der Waals surface area (Å²) in [7, 11) is 0.754. The van der Waals surface area contributed by atoms with E-state index in [0.29, 0.717) is 32.7 Å². The van der Waals surface area contributed by atoms with Gasteiger partial charge in [0.2, 0.25) is 10.0 Å². The molecule has 0 aromatic heterocycles. The van der Waals surface area contributed by atoms with Gasteiger partial charge in [-0.3, -0.25) is 0 Å². The summed E-state index contributed by atoms with van der Waals surface area (Å²) in [6.45, 7) is 9.59. The molecule has 8 nitrogen and oxygen atoms in total. The molecule has 0 amide bonds. The Kier molecular flexibility index (Phi) is 12.1. The minimum Gasteiger partial charge on any atom is -0.378 e. The minimum atomic E-state index is -3.29. The second-order valence-corrected chi connectivity index (χ2v) is 9.94. The Morgan fingerprint density at radius 2 is 1.90 bits per heavy atom. The van der Waals surface area contributed by atoms with E-state index in [1.807, 2.05) is 40.9 Å². The SMILES string of the molecule is CCNC(=NCc1cccc(N(C)C)c1)N1CCN(S(=O)(=O)CCOC(C)C)CC1.I. The number of guanidine groups is 1. The Balaban J connectivity index is 0.00000480. The van der Waals surface area contributed by atoms with Crippen LogP contribution in [0.3, 0.4) is 0 Å². The zero-order chi connectivity index (χ0) is 22.1. The first kappa shape index (κ1) is 27.9. The van der Waals surface area contributed by atoms with Crippen LogP contribution in [0.1, 0.15) is 26.3 Å². The Bertz CT molecular complexity index is 794. The van der Waals surface area contributed by atoms with Crippen LogP contribution in [0.5, 0.6) is 0 Å². The fourth-order valence-electron chi connectivity index (χ4n) is 3.22. The Morgan fingerprint density at radius 1 is 1.23 bits per heavy atom. The van der Waals surface area contributed by atoms with E-state index in [2.05, 4.69) is 33.3 Å². The third kappa shape index (κ3) is 9.11. The van der Waals surface area contributed by atoms with Gasteiger partial charge in [0.15, 0.2) is 5.96 Å². The summed E-state index contributed by atoms with van der Waals surface area (Å²) in [5.74, 6) is 0.856. The molecule has 0 saturated carbocycles. The van der Waals surface area contributed by atoms with Gasteiger partial charge < -0.3 is 19.9 Å². The average Bonchev–Trinajstić information content (AvgIpc) is 2.71. The van der Waals surface area contributed by atoms with E-state index in [0.717, 1.165) is 23.8 Å². The monoisotopic (exact) mass is 567 g/mol. The number of ether oxygens (including phenoxy) is 1. The van der Waals surface area contributed by atoms with E-state index in [1.165, 1.54) is 0 Å². The smallest absolute Gasteiger partial charge is 0.216 e. The highest BCUT2D eigenvalue weighted by Crippen LogP contribution is 2.15. The summed E-state index contributed by atoms with van der Waals surface area (Å²) < 4.78 is 32.1. The van der Waals surface area contributed by atoms with E-state index in [4.69, 9.17) is 9.73 Å². The number of nitrogens with zero attached hydrogens (tertiary/aromatic N) is 4. The highest BCUT2D eigenvalue weighted by molar-refractivity contribution is 14.0. The largest absolute Gasteiger partial charge is 0.378 e. The van der Waals surface area contributed by atoms with Gasteiger partial charge in [0.05, 0.1) is 25.0 Å². The third-order valence-corrected chi connectivity index (χ3v) is 6.73. The molecule has 1 aromatic rings. The topological polar surface area (TPSA) is 77.5 Å². The molecule has 178 valence electrons. The number of rotatable bonds is 9. The van der Waals surface area contributed by atoms with Crippen LogP contribution in [-0.4, -0.2) is 88.9 Å². The highest BCUT2D eigenvalue weighted by atomic mass is 127. The average molecular weight is 568 g/mol. The van der Waals surface area contributed by atoms with E-state index in [-0.39, 0.29) is 42.4 Å². The van der Waals surface area contributed by atoms with Gasteiger partial charge in [0, 0.05) is 52.5 Å². The van der Waals surface area contributed by atoms with Crippen LogP contribution in [0, 0.1) is 0 Å². The summed E-state index contributed by atoms with van der Waals surface area (Å²) in [4.78, 5) is 9.00. The van der Waals surface area contributed by atoms with Crippen molar-refractivity contribution in [1.29, 1.82) is 0 Å². The number of halogens is 1. The predicted octanol–water partition coefficient (Wildman–Crippen LogP) is 2.21. The normalized spacial score (nSPS) is 15.7. The van der Waals surface area contributed by atoms with Crippen molar-refractivity contribution in [1.82, 2.24) is 14.5 Å². The number of aliphatic imine (C=N–C) groups is 1. The van der Waals surface area contributed by atoms with Crippen molar-refractivity contribution in [2.24, 2.45) is 4.99 Å². The van der Waals surface area contributed by atoms with Crippen LogP contribution < -0.4 is 10.2 Å². The zero-order valence-corrected chi connectivity index (χ0v) is 22.5. The molecule has 0 unspecified atom stereocenters. The molecular formula is C21H38IN5O3S. The lowest BCUT2D eigenvalue weighted by atomic mass is 10.2. The van der Waals surface area contributed by atoms with E-state index < -0.39 is 10.0 Å². The Morgan fingerprint density at radius 3 is 2.48 bits per heavy atom. The second kappa shape index (κ2) is 13.4. The molecule has 1 aliphatic rings. The molecule has 10 heteroatoms. The summed E-state index contributed by atoms with van der Waals surface area (Å²) >= 11 is 0. The first-order valence-corrected chi connectivity index (χ1v) is 12.2. The summed E-state index contributed by atoms with van der Waals surface area (Å²) in [5.41, 5.74) is 2.29. The number of piperazine rings is 1. The number of hydrogen-bond donors (Lipinski definition) is 1. The molecule has 1 aliphatic heterocycles. The van der Waals surface area contributed by atoms with Crippen molar-refractivity contribution in [2.75, 3.05) is 64.1 Å². The lowest BCUT2D eigenvalue weighted by Crippen LogP contribution is -2.54. The minimum absolute atomic E-state index is 0. The number of hydrogen-bond acceptors (Lipinski definition) is 5. The van der Waals surface area contributed by atoms with Crippen LogP contribution in [0.25, 0.3) is 0 Å². The second-order valence-electron chi connectivity index (χ2n) is 7.86. The van der Waals surface area contributed by atoms with Crippen LogP contribution in [0.15, 0.2) is 29.3 Å². The molecule has 1 N–H and O–H groups in total. The van der Waals surface area contributed by atoms with Crippen molar-refractivity contribution in [2.45, 2.75) is 33.4 Å². The molecule has 1 saturated heterocycles. The highest BCUT2D eigenvalue weighted by Gasteiger charge is 2.28. The van der Waals surface area contributed by atoms with Crippen molar-refractivity contribution >= 4 is 45.6 Å². The van der Waals surface area contributed by atoms with E-state index in [1.54, 1.807) is 4.31 Å². The molecule has 2 rings (SSSR count). The number of benzene rings is 1. The molecule has 0 spiro atoms. The fraction of sp³-hybridized carbons (Fsp3) is 0.667. The van der Waals surface area contributed by atoms with Gasteiger partial charge in [0.25, 0.3) is 0 Å². The van der Waals surface area contributed by atoms with E-state index >= 15 is 0 Å². The molecule has 1 heterocycles. The number of sulfonamides is 1. The first-order chi connectivity index (χ1) is 14.2. The van der Waals surface area contributed by atoms with E-state index in [9.17, 15) is 8.42 Å². The van der Waals surface area contributed by atoms with Crippen LogP contribution in [-0.2, 0) is 21.3 Å². The molecular weight excluding hydrogens is 529 g/mol. The summed E-state index contributed by atoms with van der Waals surface area (Å²) in [6.07, 6.45) is 0.0364. The van der Waals surface area contributed by atoms with Crippen molar-refractivity contribution in [3.63, 3.8) is 0 Å². The Hall–Kier alpha value is -1.11. The molecule has 0 atom stereocenters. The number of nitrogens with one attached hydrogen (secondary N) is 1. The standard InChI is InChI=1S/C21H37N5O3S.HI/c1-6-22-21(23-17-19-8-7-9-20(16-19)24(4)5)25-10-12-26(13-11-25)30(27,28)15-14-29-18(2)3;/h7-9,16,18H,6,10-15,17H2,1-5H3,(H,22,23);1H. The third-order valence-electron chi connectivity index (χ3n) is 4.90. The van der Waals surface area contributed by atoms with Crippen LogP contribution in [0.2, 0.25) is 0 Å². The molecule has 0 aliphatic carbocycles. The van der Waals surface area contributed by atoms with Gasteiger partial charge in [0.1, 0.15) is 0 Å². The zero-order valence-electron chi connectivity index (χ0n) is 19.4. The fourth-order valence-corrected chi connectivity index (χ4v) is 4.51. The molecule has 31 heavy (non-hydrogen) atoms. The van der Waals surface area contributed by atoms with Gasteiger partial charge in [-0.1, -0.05) is 12.1 Å². The first-order valence-electron chi connectivity index (χ1n) is 10.6. The van der Waals surface area contributed by atoms with Gasteiger partial charge in [-0.25, -0.2) is 13.4 Å². The number of anilines is 1. The van der Waals surface area contributed by atoms with Gasteiger partial charge in [-0.15, -0.1) is 24.0 Å². The van der Waals surface area contributed by atoms with Crippen LogP contribution >= 0.6 is 24.0 Å². The Labute approximate surface area is 205 Å². The maximum Gasteiger partial charge on any atom is 0.216 e. The summed E-state index contributed by atoms with van der Waals surface area (Å²) in [6, 6.07) is 8.32. The van der Waals surface area contributed by atoms with Crippen molar-refractivity contribution in [3.8, 4) is 0 Å². The van der Waals surface area contributed by atoms with Gasteiger partial charge in [-0.2, -0.15) is 4.31 Å². The maximum absolute atomic E-state index is 12.5. The summed E-state index contributed by atoms with van der Waals surface area (Å²) in [5, 5.41) is 3.34. The molecule has 1 fully saturated rings. The quantitative estimate of drug-likeness (QED) is 0.280. The molecule has 1 aromatic carbocycles. The van der Waals surface area contributed by atoms with Gasteiger partial charge in [-0.05, 0) is 38.5 Å². The van der Waals surface area contributed by atoms with Crippen LogP contribution in [0.4, 0.5) is 5.69 Å². The maximum atomic E-state index is 12.5. The molecule has 0 radical (unpaired) electrons. The predicted molar refractivity (Wildman–Crippen MR) is 139 cm³/mol. The van der Waals surface area contributed by atoms with Gasteiger partial charge >= 0.3 is 0 Å². The van der Waals surface area contributed by atoms with Crippen molar-refractivity contribution < 1.29 is 13.2 Å². The lowest BCUT2D eigenvalue weighted by molar-refractivity contribution is 0.0904. The van der Waals surface area contributed by atoms with Crippen molar-refractivity contribution in [3.05, 3.63) is 29.8 Å². The molecule has 0 bridgehead atoms.